The molecule has 0 bridgehead atoms. The molecular formula is C13H22N4O. The second kappa shape index (κ2) is 6.11. The summed E-state index contributed by atoms with van der Waals surface area (Å²) in [6, 6.07) is 3.23. The average Bonchev–Trinajstić information content (AvgIpc) is 3.12. The van der Waals surface area contributed by atoms with Gasteiger partial charge in [0.1, 0.15) is 6.61 Å². The smallest absolute Gasteiger partial charge is 0.316 e. The summed E-state index contributed by atoms with van der Waals surface area (Å²) in [5.74, 6) is 0. The van der Waals surface area contributed by atoms with E-state index in [0.29, 0.717) is 12.6 Å². The van der Waals surface area contributed by atoms with Gasteiger partial charge in [0, 0.05) is 24.8 Å². The number of hydrogen-bond donors (Lipinski definition) is 1. The van der Waals surface area contributed by atoms with Gasteiger partial charge in [0.15, 0.2) is 0 Å². The normalized spacial score (nSPS) is 15.1. The van der Waals surface area contributed by atoms with E-state index in [1.807, 2.05) is 20.0 Å². The Bertz CT molecular complexity index is 393. The molecule has 0 radical (unpaired) electrons. The standard InChI is InChI=1S/C13H22N4O/c1-10-8-11(9-14-2)16-13(15-10)18-7-6-17(3)12-4-5-12/h8,12,14H,4-7,9H2,1-3H3. The Kier molecular flexibility index (Phi) is 4.49. The van der Waals surface area contributed by atoms with Crippen molar-refractivity contribution in [2.45, 2.75) is 32.4 Å². The van der Waals surface area contributed by atoms with Gasteiger partial charge in [-0.05, 0) is 39.9 Å². The van der Waals surface area contributed by atoms with Crippen molar-refractivity contribution in [1.29, 1.82) is 0 Å². The molecule has 1 aliphatic rings. The lowest BCUT2D eigenvalue weighted by Crippen LogP contribution is -2.26. The van der Waals surface area contributed by atoms with E-state index < -0.39 is 0 Å². The van der Waals surface area contributed by atoms with Gasteiger partial charge in [-0.2, -0.15) is 4.98 Å². The highest BCUT2D eigenvalue weighted by atomic mass is 16.5. The van der Waals surface area contributed by atoms with Crippen LogP contribution in [0.15, 0.2) is 6.07 Å². The van der Waals surface area contributed by atoms with Crippen molar-refractivity contribution in [3.8, 4) is 6.01 Å². The number of hydrogen-bond acceptors (Lipinski definition) is 5. The third-order valence-electron chi connectivity index (χ3n) is 3.09. The number of aromatic nitrogens is 2. The lowest BCUT2D eigenvalue weighted by Gasteiger charge is -2.15. The van der Waals surface area contributed by atoms with Crippen LogP contribution < -0.4 is 10.1 Å². The predicted molar refractivity (Wildman–Crippen MR) is 70.7 cm³/mol. The second-order valence-electron chi connectivity index (χ2n) is 4.87. The van der Waals surface area contributed by atoms with Gasteiger partial charge in [0.05, 0.1) is 5.69 Å². The van der Waals surface area contributed by atoms with Crippen molar-refractivity contribution in [3.63, 3.8) is 0 Å². The summed E-state index contributed by atoms with van der Waals surface area (Å²) in [4.78, 5) is 11.0. The zero-order chi connectivity index (χ0) is 13.0. The van der Waals surface area contributed by atoms with Gasteiger partial charge in [0.25, 0.3) is 0 Å². The molecule has 1 heterocycles. The molecule has 1 aliphatic carbocycles. The Labute approximate surface area is 109 Å². The molecule has 0 amide bonds. The molecule has 0 atom stereocenters. The summed E-state index contributed by atoms with van der Waals surface area (Å²) in [6.45, 7) is 4.28. The Morgan fingerprint density at radius 3 is 2.89 bits per heavy atom. The Hall–Kier alpha value is -1.20. The number of likely N-dealkylation sites (N-methyl/N-ethyl adjacent to an activating group) is 1. The van der Waals surface area contributed by atoms with Crippen molar-refractivity contribution in [2.75, 3.05) is 27.2 Å². The van der Waals surface area contributed by atoms with E-state index in [4.69, 9.17) is 4.74 Å². The number of nitrogens with one attached hydrogen (secondary N) is 1. The molecule has 5 heteroatoms. The topological polar surface area (TPSA) is 50.3 Å². The van der Waals surface area contributed by atoms with Gasteiger partial charge in [-0.25, -0.2) is 4.98 Å². The van der Waals surface area contributed by atoms with Crippen molar-refractivity contribution >= 4 is 0 Å². The summed E-state index contributed by atoms with van der Waals surface area (Å²) in [5.41, 5.74) is 1.91. The largest absolute Gasteiger partial charge is 0.462 e. The summed E-state index contributed by atoms with van der Waals surface area (Å²) in [5, 5.41) is 3.08. The first-order valence-electron chi connectivity index (χ1n) is 6.51. The van der Waals surface area contributed by atoms with Gasteiger partial charge in [-0.15, -0.1) is 0 Å². The molecular weight excluding hydrogens is 228 g/mol. The van der Waals surface area contributed by atoms with Gasteiger partial charge in [0.2, 0.25) is 0 Å². The van der Waals surface area contributed by atoms with E-state index in [9.17, 15) is 0 Å². The van der Waals surface area contributed by atoms with Crippen LogP contribution in [0.1, 0.15) is 24.2 Å². The maximum absolute atomic E-state index is 5.63. The quantitative estimate of drug-likeness (QED) is 0.781. The molecule has 0 spiro atoms. The fraction of sp³-hybridized carbons (Fsp3) is 0.692. The fourth-order valence-corrected chi connectivity index (χ4v) is 1.92. The molecule has 5 nitrogen and oxygen atoms in total. The molecule has 0 aromatic carbocycles. The zero-order valence-electron chi connectivity index (χ0n) is 11.4. The van der Waals surface area contributed by atoms with Gasteiger partial charge in [-0.3, -0.25) is 0 Å². The molecule has 18 heavy (non-hydrogen) atoms. The predicted octanol–water partition coefficient (Wildman–Crippen LogP) is 0.977. The SMILES string of the molecule is CNCc1cc(C)nc(OCCN(C)C2CC2)n1. The molecule has 100 valence electrons. The molecule has 1 fully saturated rings. The lowest BCUT2D eigenvalue weighted by atomic mass is 10.3. The number of aryl methyl sites for hydroxylation is 1. The van der Waals surface area contributed by atoms with Crippen molar-refractivity contribution in [1.82, 2.24) is 20.2 Å². The molecule has 1 aromatic rings. The third kappa shape index (κ3) is 3.92. The summed E-state index contributed by atoms with van der Waals surface area (Å²) in [7, 11) is 4.05. The van der Waals surface area contributed by atoms with Crippen LogP contribution in [0.2, 0.25) is 0 Å². The van der Waals surface area contributed by atoms with E-state index in [1.165, 1.54) is 12.8 Å². The van der Waals surface area contributed by atoms with Gasteiger partial charge in [-0.1, -0.05) is 0 Å². The van der Waals surface area contributed by atoms with E-state index >= 15 is 0 Å². The van der Waals surface area contributed by atoms with Crippen LogP contribution in [0.3, 0.4) is 0 Å². The maximum atomic E-state index is 5.63. The molecule has 1 aromatic heterocycles. The number of ether oxygens (including phenoxy) is 1. The average molecular weight is 250 g/mol. The van der Waals surface area contributed by atoms with E-state index in [-0.39, 0.29) is 0 Å². The summed E-state index contributed by atoms with van der Waals surface area (Å²) in [6.07, 6.45) is 2.65. The highest BCUT2D eigenvalue weighted by molar-refractivity contribution is 5.12. The molecule has 1 saturated carbocycles. The first-order chi connectivity index (χ1) is 8.69. The molecule has 1 N–H and O–H groups in total. The van der Waals surface area contributed by atoms with Crippen LogP contribution in [0, 0.1) is 6.92 Å². The van der Waals surface area contributed by atoms with E-state index in [0.717, 1.165) is 30.5 Å². The summed E-state index contributed by atoms with van der Waals surface area (Å²) >= 11 is 0. The Morgan fingerprint density at radius 2 is 2.22 bits per heavy atom. The second-order valence-corrected chi connectivity index (χ2v) is 4.87. The first kappa shape index (κ1) is 13.2. The van der Waals surface area contributed by atoms with Crippen LogP contribution in [-0.4, -0.2) is 48.2 Å². The maximum Gasteiger partial charge on any atom is 0.316 e. The van der Waals surface area contributed by atoms with Crippen LogP contribution >= 0.6 is 0 Å². The number of nitrogens with zero attached hydrogens (tertiary/aromatic N) is 3. The van der Waals surface area contributed by atoms with E-state index in [1.54, 1.807) is 0 Å². The first-order valence-corrected chi connectivity index (χ1v) is 6.51. The highest BCUT2D eigenvalue weighted by Gasteiger charge is 2.25. The minimum absolute atomic E-state index is 0.490. The van der Waals surface area contributed by atoms with Crippen LogP contribution in [0.5, 0.6) is 6.01 Å². The zero-order valence-corrected chi connectivity index (χ0v) is 11.4. The van der Waals surface area contributed by atoms with Gasteiger partial charge < -0.3 is 15.0 Å². The van der Waals surface area contributed by atoms with Gasteiger partial charge >= 0.3 is 6.01 Å². The number of rotatable bonds is 7. The third-order valence-corrected chi connectivity index (χ3v) is 3.09. The monoisotopic (exact) mass is 250 g/mol. The van der Waals surface area contributed by atoms with Crippen molar-refractivity contribution in [3.05, 3.63) is 17.5 Å². The molecule has 0 aliphatic heterocycles. The highest BCUT2D eigenvalue weighted by Crippen LogP contribution is 2.24. The lowest BCUT2D eigenvalue weighted by molar-refractivity contribution is 0.219. The Balaban J connectivity index is 1.83. The molecule has 0 unspecified atom stereocenters. The van der Waals surface area contributed by atoms with E-state index in [2.05, 4.69) is 27.2 Å². The van der Waals surface area contributed by atoms with Crippen molar-refractivity contribution < 1.29 is 4.74 Å². The molecule has 0 saturated heterocycles. The molecule has 2 rings (SSSR count). The van der Waals surface area contributed by atoms with Crippen molar-refractivity contribution in [2.24, 2.45) is 0 Å². The minimum atomic E-state index is 0.490. The summed E-state index contributed by atoms with van der Waals surface area (Å²) < 4.78 is 5.63. The Morgan fingerprint density at radius 1 is 1.44 bits per heavy atom. The van der Waals surface area contributed by atoms with Crippen LogP contribution in [0.25, 0.3) is 0 Å². The van der Waals surface area contributed by atoms with Crippen LogP contribution in [0.4, 0.5) is 0 Å². The van der Waals surface area contributed by atoms with Crippen LogP contribution in [-0.2, 0) is 6.54 Å². The minimum Gasteiger partial charge on any atom is -0.462 e. The fourth-order valence-electron chi connectivity index (χ4n) is 1.92.